The van der Waals surface area contributed by atoms with Crippen molar-refractivity contribution in [3.63, 3.8) is 0 Å². The normalized spacial score (nSPS) is 17.0. The average molecular weight is 673 g/mol. The molecule has 1 aromatic carbocycles. The predicted octanol–water partition coefficient (Wildman–Crippen LogP) is 3.82. The van der Waals surface area contributed by atoms with Gasteiger partial charge in [0.05, 0.1) is 41.3 Å². The number of unbranched alkanes of at least 4 members (excludes halogenated alkanes) is 1. The van der Waals surface area contributed by atoms with E-state index in [2.05, 4.69) is 9.97 Å². The summed E-state index contributed by atoms with van der Waals surface area (Å²) in [4.78, 5) is 75.5. The van der Waals surface area contributed by atoms with Gasteiger partial charge in [0.25, 0.3) is 11.8 Å². The fourth-order valence-electron chi connectivity index (χ4n) is 5.14. The van der Waals surface area contributed by atoms with E-state index in [1.54, 1.807) is 47.5 Å². The number of halogens is 1. The van der Waals surface area contributed by atoms with E-state index in [9.17, 15) is 24.0 Å². The largest absolute Gasteiger partial charge is 0.442 e. The van der Waals surface area contributed by atoms with E-state index in [0.29, 0.717) is 48.1 Å². The second-order valence-electron chi connectivity index (χ2n) is 10.7. The molecule has 3 N–H and O–H groups in total. The Labute approximate surface area is 275 Å². The molecule has 0 spiro atoms. The van der Waals surface area contributed by atoms with E-state index in [-0.39, 0.29) is 56.5 Å². The Balaban J connectivity index is 0.00000480. The number of amides is 4. The van der Waals surface area contributed by atoms with Gasteiger partial charge in [0, 0.05) is 49.1 Å². The van der Waals surface area contributed by atoms with E-state index in [0.717, 1.165) is 21.9 Å². The molecule has 3 aromatic rings. The molecule has 2 fully saturated rings. The molecule has 246 valence electrons. The number of benzene rings is 1. The molecule has 0 aliphatic carbocycles. The Kier molecular flexibility index (Phi) is 12.0. The van der Waals surface area contributed by atoms with Gasteiger partial charge >= 0.3 is 6.09 Å². The minimum Gasteiger partial charge on any atom is -0.442 e. The number of hydrogen-bond acceptors (Lipinski definition) is 10. The third-order valence-corrected chi connectivity index (χ3v) is 8.74. The Bertz CT molecular complexity index is 1530. The number of ketones is 1. The van der Waals surface area contributed by atoms with Gasteiger partial charge in [-0.2, -0.15) is 0 Å². The quantitative estimate of drug-likeness (QED) is 0.257. The molecule has 4 heterocycles. The first kappa shape index (κ1) is 34.8. The highest BCUT2D eigenvalue weighted by Crippen LogP contribution is 2.28. The van der Waals surface area contributed by atoms with Crippen molar-refractivity contribution in [2.24, 2.45) is 5.73 Å². The molecule has 2 atom stereocenters. The first-order chi connectivity index (χ1) is 21.7. The van der Waals surface area contributed by atoms with Gasteiger partial charge in [0.1, 0.15) is 18.5 Å². The number of rotatable bonds is 13. The van der Waals surface area contributed by atoms with Crippen LogP contribution in [0.25, 0.3) is 0 Å². The number of nitrogens with zero attached hydrogens (tertiary/aromatic N) is 4. The van der Waals surface area contributed by atoms with Gasteiger partial charge in [-0.3, -0.25) is 29.0 Å². The zero-order chi connectivity index (χ0) is 31.9. The van der Waals surface area contributed by atoms with Crippen LogP contribution >= 0.6 is 22.9 Å². The standard InChI is InChI=1S/C30H33ClN6O7S.CH4/c31-26-10-9-25(45-26)29(41)37(27(39)4-2-1-3-24(38)23(32)13-19-14-33-18-34-19)16-22-15-36(30(42)44-22)21-7-5-20(6-8-21)35-11-12-43-17-28(35)40;/h5-10,14,18,22-23H,1-4,11-13,15-17,32H2,(H,33,34);1H4/t22-,23+;/m1./s1. The summed E-state index contributed by atoms with van der Waals surface area (Å²) in [6.07, 6.45) is 3.10. The first-order valence-electron chi connectivity index (χ1n) is 14.5. The van der Waals surface area contributed by atoms with Crippen LogP contribution in [0.5, 0.6) is 0 Å². The zero-order valence-corrected chi connectivity index (χ0v) is 25.9. The lowest BCUT2D eigenvalue weighted by Crippen LogP contribution is -2.43. The van der Waals surface area contributed by atoms with Crippen LogP contribution in [0.1, 0.15) is 48.5 Å². The zero-order valence-electron chi connectivity index (χ0n) is 24.4. The van der Waals surface area contributed by atoms with Crippen LogP contribution in [0.3, 0.4) is 0 Å². The molecule has 15 heteroatoms. The van der Waals surface area contributed by atoms with Crippen molar-refractivity contribution in [3.05, 3.63) is 63.8 Å². The molecule has 4 amide bonds. The predicted molar refractivity (Wildman–Crippen MR) is 173 cm³/mol. The van der Waals surface area contributed by atoms with Gasteiger partial charge in [-0.15, -0.1) is 11.3 Å². The van der Waals surface area contributed by atoms with Crippen LogP contribution in [-0.4, -0.2) is 89.5 Å². The number of imide groups is 1. The number of aromatic nitrogens is 2. The molecule has 0 saturated carbocycles. The summed E-state index contributed by atoms with van der Waals surface area (Å²) in [6.45, 7) is 0.864. The fraction of sp³-hybridized carbons (Fsp3) is 0.419. The Morgan fingerprint density at radius 3 is 2.46 bits per heavy atom. The summed E-state index contributed by atoms with van der Waals surface area (Å²) < 4.78 is 11.1. The number of carbonyl (C=O) groups is 5. The molecule has 0 bridgehead atoms. The summed E-state index contributed by atoms with van der Waals surface area (Å²) >= 11 is 7.10. The first-order valence-corrected chi connectivity index (χ1v) is 15.7. The number of morpholine rings is 1. The number of nitrogens with one attached hydrogen (secondary N) is 1. The molecule has 2 aromatic heterocycles. The monoisotopic (exact) mass is 672 g/mol. The lowest BCUT2D eigenvalue weighted by Gasteiger charge is -2.27. The summed E-state index contributed by atoms with van der Waals surface area (Å²) in [5, 5.41) is 0. The van der Waals surface area contributed by atoms with Crippen LogP contribution in [0.15, 0.2) is 48.9 Å². The minimum atomic E-state index is -0.775. The lowest BCUT2D eigenvalue weighted by molar-refractivity contribution is -0.130. The number of carbonyl (C=O) groups excluding carboxylic acids is 5. The van der Waals surface area contributed by atoms with Gasteiger partial charge in [-0.25, -0.2) is 9.78 Å². The van der Waals surface area contributed by atoms with Gasteiger partial charge < -0.3 is 25.1 Å². The number of aromatic amines is 1. The van der Waals surface area contributed by atoms with E-state index >= 15 is 0 Å². The number of H-pyrrole nitrogens is 1. The van der Waals surface area contributed by atoms with Crippen molar-refractivity contribution >= 4 is 63.9 Å². The van der Waals surface area contributed by atoms with Gasteiger partial charge in [0.15, 0.2) is 0 Å². The van der Waals surface area contributed by atoms with Gasteiger partial charge in [0.2, 0.25) is 5.91 Å². The third-order valence-electron chi connectivity index (χ3n) is 7.52. The van der Waals surface area contributed by atoms with Gasteiger partial charge in [-0.05, 0) is 49.2 Å². The topological polar surface area (TPSA) is 168 Å². The molecule has 13 nitrogen and oxygen atoms in total. The second-order valence-corrected chi connectivity index (χ2v) is 12.4. The van der Waals surface area contributed by atoms with E-state index < -0.39 is 30.1 Å². The van der Waals surface area contributed by atoms with E-state index in [1.807, 2.05) is 0 Å². The molecule has 0 unspecified atom stereocenters. The van der Waals surface area contributed by atoms with Crippen molar-refractivity contribution in [3.8, 4) is 0 Å². The molecule has 2 aliphatic rings. The smallest absolute Gasteiger partial charge is 0.414 e. The van der Waals surface area contributed by atoms with Crippen LogP contribution < -0.4 is 15.5 Å². The van der Waals surface area contributed by atoms with E-state index in [1.165, 1.54) is 11.2 Å². The lowest BCUT2D eigenvalue weighted by atomic mass is 10.0. The molecular formula is C31H37ClN6O7S. The van der Waals surface area contributed by atoms with Crippen molar-refractivity contribution in [1.29, 1.82) is 0 Å². The van der Waals surface area contributed by atoms with Crippen molar-refractivity contribution in [1.82, 2.24) is 14.9 Å². The highest BCUT2D eigenvalue weighted by Gasteiger charge is 2.36. The molecule has 5 rings (SSSR count). The maximum atomic E-state index is 13.4. The van der Waals surface area contributed by atoms with Gasteiger partial charge in [-0.1, -0.05) is 19.0 Å². The number of imidazole rings is 1. The number of anilines is 2. The van der Waals surface area contributed by atoms with Crippen molar-refractivity contribution < 1.29 is 33.4 Å². The average Bonchev–Trinajstić information content (AvgIpc) is 3.79. The maximum Gasteiger partial charge on any atom is 0.414 e. The van der Waals surface area contributed by atoms with Crippen molar-refractivity contribution in [2.45, 2.75) is 51.7 Å². The van der Waals surface area contributed by atoms with Crippen LogP contribution in [0.2, 0.25) is 4.34 Å². The Morgan fingerprint density at radius 1 is 1.09 bits per heavy atom. The number of ether oxygens (including phenoxy) is 2. The molecule has 2 aliphatic heterocycles. The van der Waals surface area contributed by atoms with Crippen LogP contribution in [0.4, 0.5) is 16.2 Å². The van der Waals surface area contributed by atoms with E-state index in [4.69, 9.17) is 26.8 Å². The number of Topliss-reactive ketones (excluding diaryl/α,β-unsaturated/α-hetero) is 1. The number of nitrogens with two attached hydrogens (primary N) is 1. The second kappa shape index (κ2) is 15.9. The Hall–Kier alpha value is -4.11. The van der Waals surface area contributed by atoms with Crippen LogP contribution in [-0.2, 0) is 30.3 Å². The van der Waals surface area contributed by atoms with Crippen LogP contribution in [0, 0.1) is 0 Å². The summed E-state index contributed by atoms with van der Waals surface area (Å²) in [5.74, 6) is -1.26. The number of cyclic esters (lactones) is 1. The SMILES string of the molecule is C.N[C@@H](Cc1cnc[nH]1)C(=O)CCCCC(=O)N(C[C@H]1CN(c2ccc(N3CCOCC3=O)cc2)C(=O)O1)C(=O)c1ccc(Cl)s1. The molecule has 0 radical (unpaired) electrons. The minimum absolute atomic E-state index is 0. The third kappa shape index (κ3) is 8.57. The summed E-state index contributed by atoms with van der Waals surface area (Å²) in [7, 11) is 0. The summed E-state index contributed by atoms with van der Waals surface area (Å²) in [6, 6.07) is 9.36. The number of hydrogen-bond donors (Lipinski definition) is 2. The molecule has 2 saturated heterocycles. The maximum absolute atomic E-state index is 13.4. The number of thiophene rings is 1. The van der Waals surface area contributed by atoms with Crippen molar-refractivity contribution in [2.75, 3.05) is 42.6 Å². The fourth-order valence-corrected chi connectivity index (χ4v) is 6.13. The molecule has 46 heavy (non-hydrogen) atoms. The highest BCUT2D eigenvalue weighted by atomic mass is 35.5. The molecular weight excluding hydrogens is 636 g/mol. The summed E-state index contributed by atoms with van der Waals surface area (Å²) in [5.41, 5.74) is 8.02. The highest BCUT2D eigenvalue weighted by molar-refractivity contribution is 7.18. The Morgan fingerprint density at radius 2 is 1.80 bits per heavy atom.